The lowest BCUT2D eigenvalue weighted by Crippen LogP contribution is -2.37. The second-order valence-electron chi connectivity index (χ2n) is 8.46. The molecule has 2 aromatic carbocycles. The van der Waals surface area contributed by atoms with E-state index < -0.39 is 0 Å². The van der Waals surface area contributed by atoms with Crippen LogP contribution in [0.1, 0.15) is 29.0 Å². The number of rotatable bonds is 4. The van der Waals surface area contributed by atoms with Gasteiger partial charge in [0.1, 0.15) is 11.3 Å². The van der Waals surface area contributed by atoms with E-state index in [9.17, 15) is 4.79 Å². The van der Waals surface area contributed by atoms with Crippen LogP contribution in [0.5, 0.6) is 0 Å². The van der Waals surface area contributed by atoms with Crippen molar-refractivity contribution in [1.29, 1.82) is 0 Å². The second-order valence-corrected chi connectivity index (χ2v) is 8.46. The van der Waals surface area contributed by atoms with Crippen molar-refractivity contribution in [3.05, 3.63) is 72.2 Å². The minimum atomic E-state index is 0.0757. The van der Waals surface area contributed by atoms with E-state index in [1.165, 1.54) is 0 Å². The lowest BCUT2D eigenvalue weighted by Gasteiger charge is -2.24. The molecule has 0 radical (unpaired) electrons. The highest BCUT2D eigenvalue weighted by Gasteiger charge is 2.30. The van der Waals surface area contributed by atoms with Crippen molar-refractivity contribution in [3.8, 4) is 11.3 Å². The van der Waals surface area contributed by atoms with Crippen LogP contribution in [-0.2, 0) is 6.42 Å². The molecule has 1 aliphatic heterocycles. The van der Waals surface area contributed by atoms with Gasteiger partial charge >= 0.3 is 0 Å². The molecule has 1 saturated heterocycles. The van der Waals surface area contributed by atoms with E-state index in [0.717, 1.165) is 58.5 Å². The van der Waals surface area contributed by atoms with Gasteiger partial charge in [-0.15, -0.1) is 0 Å². The Morgan fingerprint density at radius 1 is 1.12 bits per heavy atom. The van der Waals surface area contributed by atoms with Crippen LogP contribution in [0.4, 0.5) is 5.82 Å². The van der Waals surface area contributed by atoms with Crippen molar-refractivity contribution in [2.75, 3.05) is 12.3 Å². The summed E-state index contributed by atoms with van der Waals surface area (Å²) in [6.45, 7) is 0.765. The van der Waals surface area contributed by atoms with Crippen LogP contribution in [0.25, 0.3) is 33.2 Å². The number of amides is 1. The van der Waals surface area contributed by atoms with E-state index in [1.54, 1.807) is 6.20 Å². The Balaban J connectivity index is 1.33. The Hall–Kier alpha value is -4.20. The molecular weight excluding hydrogens is 414 g/mol. The first kappa shape index (κ1) is 19.5. The Kier molecular flexibility index (Phi) is 4.57. The van der Waals surface area contributed by atoms with Gasteiger partial charge in [0, 0.05) is 41.7 Å². The number of imidazole rings is 1. The molecule has 0 aliphatic carbocycles. The van der Waals surface area contributed by atoms with Crippen LogP contribution in [0.3, 0.4) is 0 Å². The predicted molar refractivity (Wildman–Crippen MR) is 128 cm³/mol. The number of fused-ring (bicyclic) bond motifs is 3. The van der Waals surface area contributed by atoms with Gasteiger partial charge in [-0.2, -0.15) is 5.10 Å². The number of anilines is 1. The molecular formula is C25H23N7O. The van der Waals surface area contributed by atoms with Crippen LogP contribution in [0.15, 0.2) is 60.8 Å². The number of nitrogen functional groups attached to an aromatic ring is 1. The Labute approximate surface area is 189 Å². The van der Waals surface area contributed by atoms with Crippen molar-refractivity contribution in [1.82, 2.24) is 30.0 Å². The van der Waals surface area contributed by atoms with Crippen LogP contribution in [0, 0.1) is 0 Å². The molecule has 1 amide bonds. The van der Waals surface area contributed by atoms with Crippen LogP contribution in [0.2, 0.25) is 0 Å². The first-order valence-electron chi connectivity index (χ1n) is 11.1. The quantitative estimate of drug-likeness (QED) is 0.394. The highest BCUT2D eigenvalue weighted by Crippen LogP contribution is 2.30. The molecule has 8 heteroatoms. The number of carbonyl (C=O) groups is 1. The average Bonchev–Trinajstić information content (AvgIpc) is 3.60. The number of aromatic amines is 2. The fourth-order valence-electron chi connectivity index (χ4n) is 4.78. The summed E-state index contributed by atoms with van der Waals surface area (Å²) < 4.78 is 0. The van der Waals surface area contributed by atoms with E-state index >= 15 is 0 Å². The van der Waals surface area contributed by atoms with Gasteiger partial charge in [0.15, 0.2) is 5.82 Å². The summed E-state index contributed by atoms with van der Waals surface area (Å²) in [5.41, 5.74) is 11.2. The van der Waals surface area contributed by atoms with Crippen molar-refractivity contribution in [2.24, 2.45) is 0 Å². The van der Waals surface area contributed by atoms with Crippen molar-refractivity contribution >= 4 is 33.7 Å². The Morgan fingerprint density at radius 2 is 2.00 bits per heavy atom. The highest BCUT2D eigenvalue weighted by atomic mass is 16.2. The molecule has 1 aliphatic rings. The summed E-state index contributed by atoms with van der Waals surface area (Å²) >= 11 is 0. The number of carbonyl (C=O) groups excluding carboxylic acids is 1. The third kappa shape index (κ3) is 3.40. The van der Waals surface area contributed by atoms with Gasteiger partial charge < -0.3 is 15.6 Å². The number of hydrogen-bond donors (Lipinski definition) is 3. The first-order valence-corrected chi connectivity index (χ1v) is 11.1. The molecule has 4 heterocycles. The van der Waals surface area contributed by atoms with E-state index in [1.807, 2.05) is 59.5 Å². The zero-order valence-electron chi connectivity index (χ0n) is 18.0. The maximum absolute atomic E-state index is 13.0. The number of benzene rings is 2. The summed E-state index contributed by atoms with van der Waals surface area (Å²) in [5, 5.41) is 8.04. The smallest absolute Gasteiger partial charge is 0.254 e. The minimum Gasteiger partial charge on any atom is -0.382 e. The van der Waals surface area contributed by atoms with E-state index in [2.05, 4.69) is 20.2 Å². The minimum absolute atomic E-state index is 0.0757. The van der Waals surface area contributed by atoms with Gasteiger partial charge in [0.05, 0.1) is 16.7 Å². The van der Waals surface area contributed by atoms with Crippen LogP contribution >= 0.6 is 0 Å². The fraction of sp³-hybridized carbons (Fsp3) is 0.200. The maximum Gasteiger partial charge on any atom is 0.254 e. The fourth-order valence-corrected chi connectivity index (χ4v) is 4.78. The van der Waals surface area contributed by atoms with Crippen molar-refractivity contribution in [3.63, 3.8) is 0 Å². The van der Waals surface area contributed by atoms with Crippen molar-refractivity contribution in [2.45, 2.75) is 25.3 Å². The zero-order valence-corrected chi connectivity index (χ0v) is 18.0. The molecule has 3 aromatic heterocycles. The van der Waals surface area contributed by atoms with Gasteiger partial charge in [-0.25, -0.2) is 9.97 Å². The normalized spacial score (nSPS) is 16.1. The molecule has 164 valence electrons. The van der Waals surface area contributed by atoms with E-state index in [0.29, 0.717) is 17.8 Å². The molecule has 4 N–H and O–H groups in total. The number of hydrogen-bond acceptors (Lipinski definition) is 5. The molecule has 8 nitrogen and oxygen atoms in total. The third-order valence-electron chi connectivity index (χ3n) is 6.39. The standard InChI is InChI=1S/C25H23N7O/c26-24-23-22(18-9-8-16(13-20(18)28-24)19-10-11-27-31-19)29-21(30-23)14-17-7-4-12-32(17)25(33)15-5-2-1-3-6-15/h1-3,5-6,8-11,13,17H,4,7,12,14H2,(H2,26,28)(H,27,31)(H,29,30)/t17-/m0/s1. The molecule has 0 spiro atoms. The Morgan fingerprint density at radius 3 is 2.82 bits per heavy atom. The summed E-state index contributed by atoms with van der Waals surface area (Å²) in [6, 6.07) is 17.5. The van der Waals surface area contributed by atoms with Gasteiger partial charge in [-0.1, -0.05) is 24.3 Å². The maximum atomic E-state index is 13.0. The number of H-pyrrole nitrogens is 2. The molecule has 1 fully saturated rings. The van der Waals surface area contributed by atoms with Crippen LogP contribution < -0.4 is 5.73 Å². The summed E-state index contributed by atoms with van der Waals surface area (Å²) in [6.07, 6.45) is 4.39. The van der Waals surface area contributed by atoms with Crippen molar-refractivity contribution < 1.29 is 4.79 Å². The van der Waals surface area contributed by atoms with E-state index in [-0.39, 0.29) is 11.9 Å². The molecule has 33 heavy (non-hydrogen) atoms. The number of aromatic nitrogens is 5. The number of likely N-dealkylation sites (tertiary alicyclic amines) is 1. The lowest BCUT2D eigenvalue weighted by molar-refractivity contribution is 0.0735. The Bertz CT molecular complexity index is 1460. The van der Waals surface area contributed by atoms with Gasteiger partial charge in [0.25, 0.3) is 5.91 Å². The lowest BCUT2D eigenvalue weighted by atomic mass is 10.1. The first-order chi connectivity index (χ1) is 16.2. The highest BCUT2D eigenvalue weighted by molar-refractivity contribution is 6.07. The largest absolute Gasteiger partial charge is 0.382 e. The third-order valence-corrected chi connectivity index (χ3v) is 6.39. The SMILES string of the molecule is Nc1nc2cc(-c3cc[nH]n3)ccc2c2[nH]c(C[C@@H]3CCCN3C(=O)c3ccccc3)nc12. The number of pyridine rings is 1. The molecule has 5 aromatic rings. The topological polar surface area (TPSA) is 117 Å². The predicted octanol–water partition coefficient (Wildman–Crippen LogP) is 3.93. The number of nitrogens with two attached hydrogens (primary N) is 1. The number of nitrogens with zero attached hydrogens (tertiary/aromatic N) is 4. The molecule has 0 saturated carbocycles. The summed E-state index contributed by atoms with van der Waals surface area (Å²) in [5.74, 6) is 1.29. The molecule has 0 bridgehead atoms. The van der Waals surface area contributed by atoms with Gasteiger partial charge in [-0.05, 0) is 43.2 Å². The van der Waals surface area contributed by atoms with Gasteiger partial charge in [0.2, 0.25) is 0 Å². The summed E-state index contributed by atoms with van der Waals surface area (Å²) in [4.78, 5) is 27.8. The summed E-state index contributed by atoms with van der Waals surface area (Å²) in [7, 11) is 0. The molecule has 1 atom stereocenters. The van der Waals surface area contributed by atoms with Crippen LogP contribution in [-0.4, -0.2) is 48.5 Å². The monoisotopic (exact) mass is 437 g/mol. The zero-order chi connectivity index (χ0) is 22.4. The average molecular weight is 438 g/mol. The number of nitrogens with one attached hydrogen (secondary N) is 2. The molecule has 6 rings (SSSR count). The molecule has 0 unspecified atom stereocenters. The second kappa shape index (κ2) is 7.74. The van der Waals surface area contributed by atoms with E-state index in [4.69, 9.17) is 10.7 Å². The van der Waals surface area contributed by atoms with Gasteiger partial charge in [-0.3, -0.25) is 9.89 Å².